The van der Waals surface area contributed by atoms with E-state index in [1.807, 2.05) is 0 Å². The van der Waals surface area contributed by atoms with Crippen LogP contribution in [-0.2, 0) is 6.42 Å². The molecule has 0 saturated carbocycles. The van der Waals surface area contributed by atoms with Gasteiger partial charge in [0.2, 0.25) is 5.71 Å². The highest BCUT2D eigenvalue weighted by Crippen LogP contribution is 2.22. The van der Waals surface area contributed by atoms with E-state index in [0.29, 0.717) is 11.1 Å². The highest BCUT2D eigenvalue weighted by molar-refractivity contribution is 5.75. The number of rotatable bonds is 2. The lowest BCUT2D eigenvalue weighted by atomic mass is 9.95. The molecule has 2 aromatic rings. The Morgan fingerprint density at radius 2 is 2.10 bits per heavy atom. The van der Waals surface area contributed by atoms with Crippen molar-refractivity contribution in [3.8, 4) is 0 Å². The van der Waals surface area contributed by atoms with Gasteiger partial charge in [-0.1, -0.05) is 18.2 Å². The van der Waals surface area contributed by atoms with Crippen LogP contribution in [0.4, 0.5) is 4.39 Å². The molecule has 1 aliphatic rings. The quantitative estimate of drug-likeness (QED) is 0.860. The maximum absolute atomic E-state index is 13.8. The molecule has 0 bridgehead atoms. The molecule has 2 heterocycles. The van der Waals surface area contributed by atoms with Crippen LogP contribution >= 0.6 is 0 Å². The molecule has 21 heavy (non-hydrogen) atoms. The maximum Gasteiger partial charge on any atom is 0.337 e. The summed E-state index contributed by atoms with van der Waals surface area (Å²) in [5.74, 6) is 0. The lowest BCUT2D eigenvalue weighted by Crippen LogP contribution is -2.24. The SMILES string of the molecule is O=c1[nH]c(=O)c2c(CC3=CC=CCC3F)cc(=O)oc2[nH]1. The Bertz CT molecular complexity index is 927. The van der Waals surface area contributed by atoms with Crippen molar-refractivity contribution in [2.45, 2.75) is 19.0 Å². The number of H-pyrrole nitrogens is 2. The number of aromatic nitrogens is 2. The summed E-state index contributed by atoms with van der Waals surface area (Å²) in [6.45, 7) is 0. The lowest BCUT2D eigenvalue weighted by molar-refractivity contribution is 0.377. The number of hydrogen-bond acceptors (Lipinski definition) is 4. The van der Waals surface area contributed by atoms with Gasteiger partial charge in [0.15, 0.2) is 0 Å². The second-order valence-electron chi connectivity index (χ2n) is 4.75. The molecule has 1 unspecified atom stereocenters. The van der Waals surface area contributed by atoms with E-state index in [0.717, 1.165) is 6.07 Å². The summed E-state index contributed by atoms with van der Waals surface area (Å²) in [5, 5.41) is 0.0526. The fraction of sp³-hybridized carbons (Fsp3) is 0.214. The molecule has 1 aliphatic carbocycles. The van der Waals surface area contributed by atoms with Crippen molar-refractivity contribution in [1.82, 2.24) is 9.97 Å². The Morgan fingerprint density at radius 3 is 2.86 bits per heavy atom. The first kappa shape index (κ1) is 13.3. The summed E-state index contributed by atoms with van der Waals surface area (Å²) in [6.07, 6.45) is 4.26. The summed E-state index contributed by atoms with van der Waals surface area (Å²) in [5.41, 5.74) is -1.56. The van der Waals surface area contributed by atoms with Crippen molar-refractivity contribution < 1.29 is 8.81 Å². The predicted octanol–water partition coefficient (Wildman–Crippen LogP) is 0.937. The minimum atomic E-state index is -1.15. The third-order valence-corrected chi connectivity index (χ3v) is 3.31. The Morgan fingerprint density at radius 1 is 1.29 bits per heavy atom. The van der Waals surface area contributed by atoms with E-state index in [2.05, 4.69) is 9.97 Å². The Hall–Kier alpha value is -2.70. The van der Waals surface area contributed by atoms with Crippen LogP contribution in [-0.4, -0.2) is 16.1 Å². The summed E-state index contributed by atoms with van der Waals surface area (Å²) < 4.78 is 18.7. The van der Waals surface area contributed by atoms with Gasteiger partial charge in [-0.15, -0.1) is 0 Å². The molecular weight excluding hydrogens is 279 g/mol. The standard InChI is InChI=1S/C14H11FN2O4/c15-9-4-2-1-3-7(9)5-8-6-10(18)21-13-11(8)12(19)16-14(20)17-13/h1-3,6,9H,4-5H2,(H2,16,17,19,20). The van der Waals surface area contributed by atoms with Crippen LogP contribution in [0, 0.1) is 0 Å². The Balaban J connectivity index is 2.21. The molecule has 0 saturated heterocycles. The molecule has 0 aliphatic heterocycles. The predicted molar refractivity (Wildman–Crippen MR) is 74.2 cm³/mol. The number of hydrogen-bond donors (Lipinski definition) is 2. The molecule has 0 radical (unpaired) electrons. The van der Waals surface area contributed by atoms with Crippen molar-refractivity contribution in [3.63, 3.8) is 0 Å². The number of aromatic amines is 2. The monoisotopic (exact) mass is 290 g/mol. The van der Waals surface area contributed by atoms with Crippen molar-refractivity contribution in [1.29, 1.82) is 0 Å². The molecule has 6 nitrogen and oxygen atoms in total. The topological polar surface area (TPSA) is 95.9 Å². The van der Waals surface area contributed by atoms with Gasteiger partial charge in [-0.25, -0.2) is 14.0 Å². The second-order valence-corrected chi connectivity index (χ2v) is 4.75. The molecule has 3 rings (SSSR count). The number of allylic oxidation sites excluding steroid dienone is 4. The van der Waals surface area contributed by atoms with Gasteiger partial charge in [-0.05, 0) is 17.6 Å². The van der Waals surface area contributed by atoms with Crippen LogP contribution in [0.15, 0.2) is 48.7 Å². The molecule has 7 heteroatoms. The number of alkyl halides is 1. The normalized spacial score (nSPS) is 18.0. The van der Waals surface area contributed by atoms with Gasteiger partial charge in [0, 0.05) is 12.5 Å². The zero-order valence-corrected chi connectivity index (χ0v) is 10.8. The highest BCUT2D eigenvalue weighted by Gasteiger charge is 2.18. The summed E-state index contributed by atoms with van der Waals surface area (Å²) in [4.78, 5) is 38.9. The highest BCUT2D eigenvalue weighted by atomic mass is 19.1. The smallest absolute Gasteiger partial charge is 0.337 e. The molecule has 0 spiro atoms. The van der Waals surface area contributed by atoms with Crippen LogP contribution < -0.4 is 16.9 Å². The zero-order chi connectivity index (χ0) is 15.0. The first-order valence-electron chi connectivity index (χ1n) is 6.33. The van der Waals surface area contributed by atoms with Gasteiger partial charge < -0.3 is 4.42 Å². The first-order valence-corrected chi connectivity index (χ1v) is 6.33. The van der Waals surface area contributed by atoms with Crippen molar-refractivity contribution in [2.75, 3.05) is 0 Å². The average molecular weight is 290 g/mol. The number of nitrogens with one attached hydrogen (secondary N) is 2. The third-order valence-electron chi connectivity index (χ3n) is 3.31. The van der Waals surface area contributed by atoms with E-state index in [1.165, 1.54) is 0 Å². The first-order chi connectivity index (χ1) is 10.0. The fourth-order valence-corrected chi connectivity index (χ4v) is 2.35. The molecule has 0 aromatic carbocycles. The van der Waals surface area contributed by atoms with Crippen molar-refractivity contribution >= 4 is 11.1 Å². The minimum absolute atomic E-state index is 0.0526. The molecule has 0 fully saturated rings. The van der Waals surface area contributed by atoms with E-state index >= 15 is 0 Å². The van der Waals surface area contributed by atoms with Gasteiger partial charge in [0.25, 0.3) is 5.56 Å². The van der Waals surface area contributed by atoms with Crippen LogP contribution in [0.2, 0.25) is 0 Å². The van der Waals surface area contributed by atoms with Crippen LogP contribution in [0.1, 0.15) is 12.0 Å². The third kappa shape index (κ3) is 2.49. The zero-order valence-electron chi connectivity index (χ0n) is 10.8. The lowest BCUT2D eigenvalue weighted by Gasteiger charge is -2.14. The van der Waals surface area contributed by atoms with Gasteiger partial charge in [-0.3, -0.25) is 14.8 Å². The second kappa shape index (κ2) is 5.01. The van der Waals surface area contributed by atoms with E-state index < -0.39 is 23.0 Å². The minimum Gasteiger partial charge on any atom is -0.405 e. The maximum atomic E-state index is 13.8. The van der Waals surface area contributed by atoms with Crippen LogP contribution in [0.3, 0.4) is 0 Å². The number of fused-ring (bicyclic) bond motifs is 1. The summed E-state index contributed by atoms with van der Waals surface area (Å²) in [7, 11) is 0. The van der Waals surface area contributed by atoms with Crippen molar-refractivity contribution in [2.24, 2.45) is 0 Å². The molecule has 108 valence electrons. The summed E-state index contributed by atoms with van der Waals surface area (Å²) >= 11 is 0. The molecular formula is C14H11FN2O4. The Labute approximate surface area is 116 Å². The van der Waals surface area contributed by atoms with E-state index in [-0.39, 0.29) is 23.9 Å². The van der Waals surface area contributed by atoms with Gasteiger partial charge in [-0.2, -0.15) is 0 Å². The largest absolute Gasteiger partial charge is 0.405 e. The summed E-state index contributed by atoms with van der Waals surface area (Å²) in [6, 6.07) is 1.14. The van der Waals surface area contributed by atoms with E-state index in [1.54, 1.807) is 18.2 Å². The van der Waals surface area contributed by atoms with Crippen LogP contribution in [0.5, 0.6) is 0 Å². The Kier molecular flexibility index (Phi) is 3.17. The number of halogens is 1. The van der Waals surface area contributed by atoms with Gasteiger partial charge in [0.05, 0.1) is 0 Å². The van der Waals surface area contributed by atoms with E-state index in [9.17, 15) is 18.8 Å². The molecule has 2 aromatic heterocycles. The molecule has 0 amide bonds. The van der Waals surface area contributed by atoms with Gasteiger partial charge >= 0.3 is 11.3 Å². The van der Waals surface area contributed by atoms with E-state index in [4.69, 9.17) is 4.42 Å². The fourth-order valence-electron chi connectivity index (χ4n) is 2.35. The molecule has 1 atom stereocenters. The van der Waals surface area contributed by atoms with Gasteiger partial charge in [0.1, 0.15) is 11.6 Å². The average Bonchev–Trinajstić information content (AvgIpc) is 2.40. The van der Waals surface area contributed by atoms with Crippen molar-refractivity contribution in [3.05, 3.63) is 66.7 Å². The van der Waals surface area contributed by atoms with Crippen LogP contribution in [0.25, 0.3) is 11.1 Å². The molecule has 2 N–H and O–H groups in total.